The Bertz CT molecular complexity index is 284. The first kappa shape index (κ1) is 13.4. The van der Waals surface area contributed by atoms with Crippen LogP contribution in [-0.4, -0.2) is 24.1 Å². The Kier molecular flexibility index (Phi) is 5.54. The Labute approximate surface area is 103 Å². The molecule has 0 aliphatic rings. The van der Waals surface area contributed by atoms with Crippen molar-refractivity contribution < 1.29 is 0 Å². The first-order chi connectivity index (χ1) is 6.97. The molecule has 0 aliphatic carbocycles. The number of benzene rings is 1. The predicted molar refractivity (Wildman–Crippen MR) is 74.7 cm³/mol. The van der Waals surface area contributed by atoms with Gasteiger partial charge in [-0.05, 0) is 0 Å². The van der Waals surface area contributed by atoms with Crippen LogP contribution in [0, 0.1) is 6.92 Å². The van der Waals surface area contributed by atoms with Crippen LogP contribution in [-0.2, 0) is 0 Å². The molecule has 1 rings (SSSR count). The molecule has 1 aromatic rings. The minimum atomic E-state index is -1.48. The van der Waals surface area contributed by atoms with Gasteiger partial charge >= 0.3 is 103 Å². The molecule has 0 spiro atoms. The van der Waals surface area contributed by atoms with E-state index in [1.165, 1.54) is 27.1 Å². The van der Waals surface area contributed by atoms with Crippen molar-refractivity contribution >= 4 is 30.1 Å². The summed E-state index contributed by atoms with van der Waals surface area (Å²) >= 11 is 0.521. The Morgan fingerprint density at radius 2 is 1.67 bits per heavy atom. The molecule has 0 N–H and O–H groups in total. The van der Waals surface area contributed by atoms with Gasteiger partial charge in [0.05, 0.1) is 0 Å². The van der Waals surface area contributed by atoms with E-state index in [-0.39, 0.29) is 0 Å². The molecule has 0 amide bonds. The van der Waals surface area contributed by atoms with Crippen molar-refractivity contribution in [2.75, 3.05) is 5.75 Å². The van der Waals surface area contributed by atoms with Gasteiger partial charge in [0, 0.05) is 0 Å². The molecule has 0 aliphatic heterocycles. The van der Waals surface area contributed by atoms with Gasteiger partial charge in [-0.25, -0.2) is 0 Å². The molecule has 15 heavy (non-hydrogen) atoms. The average molecular weight is 329 g/mol. The minimum absolute atomic E-state index is 1.29. The van der Waals surface area contributed by atoms with E-state index in [0.717, 1.165) is 0 Å². The zero-order valence-corrected chi connectivity index (χ0v) is 14.0. The van der Waals surface area contributed by atoms with Crippen LogP contribution in [0.3, 0.4) is 0 Å². The third-order valence-electron chi connectivity index (χ3n) is 2.36. The van der Waals surface area contributed by atoms with E-state index in [2.05, 4.69) is 46.0 Å². The number of thioether (sulfide) groups is 1. The fourth-order valence-electron chi connectivity index (χ4n) is 1.43. The summed E-state index contributed by atoms with van der Waals surface area (Å²) in [5.41, 5.74) is 1.35. The standard InChI is InChI=1S/C10H13S.3CH3.Sn/c1-3-8-11-10-6-4-9(2)5-7-10;;;;/h4-7H,1,3,8H2,2H3;3*1H3;. The Balaban J connectivity index is 2.23. The predicted octanol–water partition coefficient (Wildman–Crippen LogP) is 4.82. The summed E-state index contributed by atoms with van der Waals surface area (Å²) in [6.45, 7) is 2.14. The van der Waals surface area contributed by atoms with Crippen molar-refractivity contribution in [3.8, 4) is 0 Å². The maximum absolute atomic E-state index is 2.52. The summed E-state index contributed by atoms with van der Waals surface area (Å²) < 4.78 is 1.52. The van der Waals surface area contributed by atoms with Crippen molar-refractivity contribution in [1.29, 1.82) is 0 Å². The van der Waals surface area contributed by atoms with Crippen LogP contribution >= 0.6 is 11.8 Å². The zero-order chi connectivity index (χ0) is 11.3. The molecule has 0 bridgehead atoms. The van der Waals surface area contributed by atoms with E-state index in [0.29, 0.717) is 0 Å². The molecule has 0 saturated heterocycles. The van der Waals surface area contributed by atoms with Gasteiger partial charge in [0.2, 0.25) is 0 Å². The van der Waals surface area contributed by atoms with Gasteiger partial charge in [-0.1, -0.05) is 0 Å². The van der Waals surface area contributed by atoms with Crippen LogP contribution in [0.4, 0.5) is 0 Å². The van der Waals surface area contributed by atoms with E-state index < -0.39 is 18.4 Å². The maximum atomic E-state index is 2.52. The van der Waals surface area contributed by atoms with Gasteiger partial charge < -0.3 is 0 Å². The summed E-state index contributed by atoms with van der Waals surface area (Å²) in [5, 5.41) is 0. The molecule has 84 valence electrons. The van der Waals surface area contributed by atoms with Crippen molar-refractivity contribution in [2.45, 2.75) is 37.5 Å². The summed E-state index contributed by atoms with van der Waals surface area (Å²) in [7, 11) is 0. The summed E-state index contributed by atoms with van der Waals surface area (Å²) in [5.74, 6) is 1.29. The van der Waals surface area contributed by atoms with Gasteiger partial charge in [0.1, 0.15) is 0 Å². The van der Waals surface area contributed by atoms with E-state index in [1.807, 2.05) is 11.8 Å². The van der Waals surface area contributed by atoms with E-state index in [1.54, 1.807) is 0 Å². The normalized spacial score (nSPS) is 11.7. The van der Waals surface area contributed by atoms with E-state index in [4.69, 9.17) is 0 Å². The number of aryl methyl sites for hydroxylation is 1. The summed E-state index contributed by atoms with van der Waals surface area (Å²) in [6.07, 6.45) is 1.40. The molecule has 1 aromatic carbocycles. The fraction of sp³-hybridized carbons (Fsp3) is 0.538. The monoisotopic (exact) mass is 330 g/mol. The molecule has 0 heterocycles. The first-order valence-electron chi connectivity index (χ1n) is 5.67. The quantitative estimate of drug-likeness (QED) is 0.424. The fourth-order valence-corrected chi connectivity index (χ4v) is 6.54. The molecule has 0 atom stereocenters. The first-order valence-corrected chi connectivity index (χ1v) is 17.2. The Morgan fingerprint density at radius 1 is 1.07 bits per heavy atom. The molecule has 0 saturated carbocycles. The van der Waals surface area contributed by atoms with E-state index >= 15 is 0 Å². The average Bonchev–Trinajstić information content (AvgIpc) is 2.14. The van der Waals surface area contributed by atoms with Gasteiger partial charge in [0.15, 0.2) is 0 Å². The molecule has 0 unspecified atom stereocenters. The van der Waals surface area contributed by atoms with Crippen molar-refractivity contribution in [1.82, 2.24) is 0 Å². The zero-order valence-electron chi connectivity index (χ0n) is 10.3. The number of rotatable bonds is 5. The third kappa shape index (κ3) is 6.51. The molecule has 0 aromatic heterocycles. The molecule has 0 fully saturated rings. The molecule has 0 nitrogen and oxygen atoms in total. The van der Waals surface area contributed by atoms with Crippen LogP contribution in [0.1, 0.15) is 12.0 Å². The molecule has 2 heteroatoms. The second-order valence-corrected chi connectivity index (χ2v) is 22.5. The molecular weight excluding hydrogens is 307 g/mol. The van der Waals surface area contributed by atoms with Crippen LogP contribution < -0.4 is 0 Å². The summed E-state index contributed by atoms with van der Waals surface area (Å²) in [6, 6.07) is 8.87. The van der Waals surface area contributed by atoms with Gasteiger partial charge in [-0.2, -0.15) is 0 Å². The van der Waals surface area contributed by atoms with Gasteiger partial charge in [-0.15, -0.1) is 0 Å². The second kappa shape index (κ2) is 6.19. The van der Waals surface area contributed by atoms with Crippen molar-refractivity contribution in [2.24, 2.45) is 0 Å². The second-order valence-electron chi connectivity index (χ2n) is 5.33. The SMILES string of the molecule is Cc1ccc(SCC[CH2][Sn]([CH3])([CH3])[CH3])cc1. The van der Waals surface area contributed by atoms with Gasteiger partial charge in [0.25, 0.3) is 0 Å². The van der Waals surface area contributed by atoms with Crippen molar-refractivity contribution in [3.63, 3.8) is 0 Å². The van der Waals surface area contributed by atoms with Gasteiger partial charge in [-0.3, -0.25) is 0 Å². The third-order valence-corrected chi connectivity index (χ3v) is 8.75. The molecular formula is C13H22SSn. The molecule has 0 radical (unpaired) electrons. The van der Waals surface area contributed by atoms with Crippen LogP contribution in [0.5, 0.6) is 0 Å². The van der Waals surface area contributed by atoms with Crippen LogP contribution in [0.15, 0.2) is 29.2 Å². The number of hydrogen-bond acceptors (Lipinski definition) is 1. The summed E-state index contributed by atoms with van der Waals surface area (Å²) in [4.78, 5) is 8.98. The Morgan fingerprint density at radius 3 is 2.20 bits per heavy atom. The topological polar surface area (TPSA) is 0 Å². The Hall–Kier alpha value is 0.369. The van der Waals surface area contributed by atoms with Crippen LogP contribution in [0.2, 0.25) is 19.3 Å². The van der Waals surface area contributed by atoms with E-state index in [9.17, 15) is 0 Å². The van der Waals surface area contributed by atoms with Crippen molar-refractivity contribution in [3.05, 3.63) is 29.8 Å². The van der Waals surface area contributed by atoms with Crippen LogP contribution in [0.25, 0.3) is 0 Å². The number of hydrogen-bond donors (Lipinski definition) is 0.